The van der Waals surface area contributed by atoms with Crippen molar-refractivity contribution < 1.29 is 4.39 Å². The number of halogens is 2. The molecule has 0 fully saturated rings. The number of rotatable bonds is 3. The van der Waals surface area contributed by atoms with Crippen LogP contribution >= 0.6 is 11.8 Å². The number of hydrogen-bond donors (Lipinski definition) is 1. The summed E-state index contributed by atoms with van der Waals surface area (Å²) in [7, 11) is 0. The lowest BCUT2D eigenvalue weighted by atomic mass is 10.0. The number of hydrogen-bond acceptors (Lipinski definition) is 3. The standard InChI is InChI=1S/C16H13ClFN3/c1-10(21-17)13-8-11-5-6-12(18)9-15(11)20-16(13)14-4-2-3-7-19-14/h2-10,21H,1H3. The second kappa shape index (κ2) is 5.76. The first-order chi connectivity index (χ1) is 10.2. The Balaban J connectivity index is 2.28. The normalized spacial score (nSPS) is 12.5. The Hall–Kier alpha value is -2.04. The molecule has 1 unspecified atom stereocenters. The lowest BCUT2D eigenvalue weighted by molar-refractivity contribution is 0.629. The summed E-state index contributed by atoms with van der Waals surface area (Å²) >= 11 is 5.76. The minimum Gasteiger partial charge on any atom is -0.255 e. The Morgan fingerprint density at radius 2 is 2.05 bits per heavy atom. The van der Waals surface area contributed by atoms with E-state index in [4.69, 9.17) is 11.8 Å². The van der Waals surface area contributed by atoms with Gasteiger partial charge in [-0.25, -0.2) is 14.2 Å². The molecule has 21 heavy (non-hydrogen) atoms. The Kier molecular flexibility index (Phi) is 3.82. The molecule has 0 saturated heterocycles. The van der Waals surface area contributed by atoms with Gasteiger partial charge in [-0.3, -0.25) is 4.98 Å². The summed E-state index contributed by atoms with van der Waals surface area (Å²) in [4.78, 5) is 11.6. The first-order valence-corrected chi connectivity index (χ1v) is 6.94. The Morgan fingerprint density at radius 1 is 1.19 bits per heavy atom. The quantitative estimate of drug-likeness (QED) is 0.735. The molecule has 3 nitrogen and oxygen atoms in total. The smallest absolute Gasteiger partial charge is 0.125 e. The maximum atomic E-state index is 13.4. The monoisotopic (exact) mass is 301 g/mol. The topological polar surface area (TPSA) is 37.8 Å². The van der Waals surface area contributed by atoms with Gasteiger partial charge in [0, 0.05) is 23.7 Å². The minimum absolute atomic E-state index is 0.106. The molecule has 0 amide bonds. The molecule has 3 rings (SSSR count). The van der Waals surface area contributed by atoms with E-state index < -0.39 is 0 Å². The van der Waals surface area contributed by atoms with Crippen LogP contribution in [0.1, 0.15) is 18.5 Å². The molecule has 0 radical (unpaired) electrons. The van der Waals surface area contributed by atoms with Crippen LogP contribution in [0.2, 0.25) is 0 Å². The number of benzene rings is 1. The third-order valence-corrected chi connectivity index (χ3v) is 3.67. The number of fused-ring (bicyclic) bond motifs is 1. The summed E-state index contributed by atoms with van der Waals surface area (Å²) in [6.07, 6.45) is 1.70. The van der Waals surface area contributed by atoms with Crippen molar-refractivity contribution in [3.8, 4) is 11.4 Å². The van der Waals surface area contributed by atoms with Gasteiger partial charge in [0.25, 0.3) is 0 Å². The molecule has 5 heteroatoms. The van der Waals surface area contributed by atoms with Crippen molar-refractivity contribution in [2.24, 2.45) is 0 Å². The van der Waals surface area contributed by atoms with Crippen molar-refractivity contribution >= 4 is 22.7 Å². The van der Waals surface area contributed by atoms with Crippen LogP contribution < -0.4 is 4.84 Å². The summed E-state index contributed by atoms with van der Waals surface area (Å²) in [6.45, 7) is 1.94. The first-order valence-electron chi connectivity index (χ1n) is 6.57. The third kappa shape index (κ3) is 2.73. The number of pyridine rings is 2. The van der Waals surface area contributed by atoms with Crippen molar-refractivity contribution in [3.05, 3.63) is 60.0 Å². The van der Waals surface area contributed by atoms with Crippen molar-refractivity contribution in [2.75, 3.05) is 0 Å². The predicted octanol–water partition coefficient (Wildman–Crippen LogP) is 4.24. The van der Waals surface area contributed by atoms with Crippen molar-refractivity contribution in [1.29, 1.82) is 0 Å². The third-order valence-electron chi connectivity index (χ3n) is 3.35. The van der Waals surface area contributed by atoms with Gasteiger partial charge in [-0.15, -0.1) is 0 Å². The lowest BCUT2D eigenvalue weighted by Crippen LogP contribution is -2.09. The van der Waals surface area contributed by atoms with Crippen molar-refractivity contribution in [1.82, 2.24) is 14.8 Å². The fourth-order valence-electron chi connectivity index (χ4n) is 2.25. The second-order valence-electron chi connectivity index (χ2n) is 4.81. The molecule has 0 aliphatic carbocycles. The average Bonchev–Trinajstić information content (AvgIpc) is 2.53. The molecule has 1 aromatic carbocycles. The van der Waals surface area contributed by atoms with Gasteiger partial charge in [0.1, 0.15) is 5.82 Å². The summed E-state index contributed by atoms with van der Waals surface area (Å²) < 4.78 is 13.4. The number of nitrogens with zero attached hydrogens (tertiary/aromatic N) is 2. The minimum atomic E-state index is -0.307. The molecule has 1 atom stereocenters. The zero-order valence-corrected chi connectivity index (χ0v) is 12.1. The fourth-order valence-corrected chi connectivity index (χ4v) is 2.37. The second-order valence-corrected chi connectivity index (χ2v) is 5.03. The van der Waals surface area contributed by atoms with Gasteiger partial charge in [-0.05, 0) is 54.6 Å². The first kappa shape index (κ1) is 13.9. The highest BCUT2D eigenvalue weighted by Crippen LogP contribution is 2.29. The highest BCUT2D eigenvalue weighted by atomic mass is 35.5. The Labute approximate surface area is 126 Å². The van der Waals surface area contributed by atoms with E-state index in [2.05, 4.69) is 14.8 Å². The van der Waals surface area contributed by atoms with Crippen LogP contribution in [-0.4, -0.2) is 9.97 Å². The van der Waals surface area contributed by atoms with E-state index in [1.54, 1.807) is 12.3 Å². The summed E-state index contributed by atoms with van der Waals surface area (Å²) in [5, 5.41) is 0.866. The van der Waals surface area contributed by atoms with Crippen molar-refractivity contribution in [2.45, 2.75) is 13.0 Å². The van der Waals surface area contributed by atoms with Gasteiger partial charge >= 0.3 is 0 Å². The molecule has 0 aliphatic heterocycles. The zero-order chi connectivity index (χ0) is 14.8. The SMILES string of the molecule is CC(NCl)c1cc2ccc(F)cc2nc1-c1ccccn1. The maximum Gasteiger partial charge on any atom is 0.125 e. The van der Waals surface area contributed by atoms with Crippen LogP contribution in [0.25, 0.3) is 22.3 Å². The molecular weight excluding hydrogens is 289 g/mol. The molecule has 0 spiro atoms. The molecular formula is C16H13ClFN3. The van der Waals surface area contributed by atoms with E-state index in [1.165, 1.54) is 12.1 Å². The molecule has 0 bridgehead atoms. The van der Waals surface area contributed by atoms with Crippen LogP contribution in [0, 0.1) is 5.82 Å². The van der Waals surface area contributed by atoms with Gasteiger partial charge in [-0.1, -0.05) is 6.07 Å². The van der Waals surface area contributed by atoms with Crippen LogP contribution in [0.3, 0.4) is 0 Å². The summed E-state index contributed by atoms with van der Waals surface area (Å²) in [5.74, 6) is -0.307. The largest absolute Gasteiger partial charge is 0.255 e. The van der Waals surface area contributed by atoms with Crippen LogP contribution in [0.5, 0.6) is 0 Å². The van der Waals surface area contributed by atoms with E-state index in [-0.39, 0.29) is 11.9 Å². The molecule has 1 N–H and O–H groups in total. The molecule has 3 aromatic rings. The average molecular weight is 302 g/mol. The van der Waals surface area contributed by atoms with E-state index >= 15 is 0 Å². The van der Waals surface area contributed by atoms with Gasteiger partial charge in [0.2, 0.25) is 0 Å². The Bertz CT molecular complexity index is 777. The van der Waals surface area contributed by atoms with E-state index in [0.717, 1.165) is 16.6 Å². The van der Waals surface area contributed by atoms with Crippen LogP contribution in [0.15, 0.2) is 48.7 Å². The van der Waals surface area contributed by atoms with E-state index in [1.807, 2.05) is 31.2 Å². The highest BCUT2D eigenvalue weighted by molar-refractivity contribution is 6.13. The lowest BCUT2D eigenvalue weighted by Gasteiger charge is -2.15. The number of nitrogens with one attached hydrogen (secondary N) is 1. The van der Waals surface area contributed by atoms with Crippen molar-refractivity contribution in [3.63, 3.8) is 0 Å². The molecule has 106 valence electrons. The number of aromatic nitrogens is 2. The maximum absolute atomic E-state index is 13.4. The van der Waals surface area contributed by atoms with Crippen LogP contribution in [0.4, 0.5) is 4.39 Å². The fraction of sp³-hybridized carbons (Fsp3) is 0.125. The van der Waals surface area contributed by atoms with Gasteiger partial charge in [0.15, 0.2) is 0 Å². The Morgan fingerprint density at radius 3 is 2.76 bits per heavy atom. The summed E-state index contributed by atoms with van der Waals surface area (Å²) in [5.41, 5.74) is 2.95. The van der Waals surface area contributed by atoms with Gasteiger partial charge in [-0.2, -0.15) is 0 Å². The predicted molar refractivity (Wildman–Crippen MR) is 82.3 cm³/mol. The van der Waals surface area contributed by atoms with Crippen LogP contribution in [-0.2, 0) is 0 Å². The molecule has 2 aromatic heterocycles. The van der Waals surface area contributed by atoms with Gasteiger partial charge < -0.3 is 0 Å². The zero-order valence-electron chi connectivity index (χ0n) is 11.3. The molecule has 0 aliphatic rings. The summed E-state index contributed by atoms with van der Waals surface area (Å²) in [6, 6.07) is 12.0. The highest BCUT2D eigenvalue weighted by Gasteiger charge is 2.15. The molecule has 0 saturated carbocycles. The van der Waals surface area contributed by atoms with Gasteiger partial charge in [0.05, 0.1) is 16.9 Å². The molecule has 2 heterocycles. The van der Waals surface area contributed by atoms with E-state index in [9.17, 15) is 4.39 Å². The van der Waals surface area contributed by atoms with E-state index in [0.29, 0.717) is 11.2 Å².